The molecule has 3 rings (SSSR count). The molecule has 1 fully saturated rings. The average Bonchev–Trinajstić information content (AvgIpc) is 3.00. The second-order valence-electron chi connectivity index (χ2n) is 8.31. The third-order valence-corrected chi connectivity index (χ3v) is 5.93. The largest absolute Gasteiger partial charge is 0.431 e. The average molecular weight is 468 g/mol. The number of nitrogens with one attached hydrogen (secondary N) is 1. The van der Waals surface area contributed by atoms with Crippen LogP contribution in [0.15, 0.2) is 30.5 Å². The van der Waals surface area contributed by atoms with E-state index in [4.69, 9.17) is 4.74 Å². The van der Waals surface area contributed by atoms with E-state index in [1.54, 1.807) is 27.7 Å². The Morgan fingerprint density at radius 2 is 1.94 bits per heavy atom. The summed E-state index contributed by atoms with van der Waals surface area (Å²) in [7, 11) is 0. The van der Waals surface area contributed by atoms with Gasteiger partial charge in [0.15, 0.2) is 17.3 Å². The van der Waals surface area contributed by atoms with E-state index in [2.05, 4.69) is 15.0 Å². The number of amides is 1. The lowest BCUT2D eigenvalue weighted by Gasteiger charge is -2.26. The van der Waals surface area contributed by atoms with Crippen LogP contribution in [-0.2, 0) is 9.53 Å². The Bertz CT molecular complexity index is 1060. The molecular weight excluding hydrogens is 444 g/mol. The number of ketones is 1. The van der Waals surface area contributed by atoms with Gasteiger partial charge in [0, 0.05) is 29.8 Å². The lowest BCUT2D eigenvalue weighted by atomic mass is 9.78. The number of rotatable bonds is 7. The first-order valence-electron chi connectivity index (χ1n) is 10.4. The molecule has 178 valence electrons. The fraction of sp³-hybridized carbons (Fsp3) is 0.435. The maximum Gasteiger partial charge on any atom is 0.387 e. The van der Waals surface area contributed by atoms with Gasteiger partial charge in [-0.15, -0.1) is 0 Å². The fourth-order valence-corrected chi connectivity index (χ4v) is 3.93. The number of ether oxygens (including phenoxy) is 2. The van der Waals surface area contributed by atoms with Crippen LogP contribution in [-0.4, -0.2) is 35.0 Å². The van der Waals surface area contributed by atoms with Gasteiger partial charge in [0.25, 0.3) is 5.91 Å². The number of benzene rings is 1. The number of carbonyl (C=O) groups is 2. The van der Waals surface area contributed by atoms with Gasteiger partial charge < -0.3 is 14.8 Å². The smallest absolute Gasteiger partial charge is 0.387 e. The number of pyridine rings is 1. The number of nitrogens with zero attached hydrogens (tertiary/aromatic N) is 1. The Balaban J connectivity index is 1.99. The molecule has 1 aromatic heterocycles. The molecule has 0 bridgehead atoms. The molecule has 1 aliphatic rings. The van der Waals surface area contributed by atoms with Crippen molar-refractivity contribution in [2.24, 2.45) is 5.92 Å². The van der Waals surface area contributed by atoms with Crippen LogP contribution in [0.5, 0.6) is 5.75 Å². The first-order chi connectivity index (χ1) is 15.5. The molecule has 0 saturated carbocycles. The van der Waals surface area contributed by atoms with Crippen molar-refractivity contribution in [2.45, 2.75) is 58.4 Å². The molecule has 6 nitrogen and oxygen atoms in total. The molecule has 2 heterocycles. The molecule has 0 unspecified atom stereocenters. The maximum absolute atomic E-state index is 14.4. The summed E-state index contributed by atoms with van der Waals surface area (Å²) < 4.78 is 64.4. The van der Waals surface area contributed by atoms with E-state index in [0.717, 1.165) is 12.1 Å². The molecule has 10 heteroatoms. The van der Waals surface area contributed by atoms with Gasteiger partial charge in [-0.05, 0) is 38.0 Å². The van der Waals surface area contributed by atoms with Crippen LogP contribution < -0.4 is 10.1 Å². The molecular formula is C23H24F4N2O4. The lowest BCUT2D eigenvalue weighted by Crippen LogP contribution is -2.33. The van der Waals surface area contributed by atoms with Crippen LogP contribution in [0, 0.1) is 17.6 Å². The first-order valence-corrected chi connectivity index (χ1v) is 10.4. The van der Waals surface area contributed by atoms with Gasteiger partial charge in [-0.25, -0.2) is 4.39 Å². The summed E-state index contributed by atoms with van der Waals surface area (Å²) in [5.74, 6) is -6.14. The van der Waals surface area contributed by atoms with Crippen LogP contribution in [0.25, 0.3) is 0 Å². The van der Waals surface area contributed by atoms with E-state index in [1.165, 1.54) is 18.3 Å². The summed E-state index contributed by atoms with van der Waals surface area (Å²) in [4.78, 5) is 29.1. The minimum Gasteiger partial charge on any atom is -0.431 e. The predicted molar refractivity (Wildman–Crippen MR) is 111 cm³/mol. The van der Waals surface area contributed by atoms with Crippen LogP contribution in [0.1, 0.15) is 56.1 Å². The van der Waals surface area contributed by atoms with Crippen molar-refractivity contribution in [2.75, 3.05) is 5.32 Å². The number of hydrogen-bond acceptors (Lipinski definition) is 5. The molecule has 1 amide bonds. The van der Waals surface area contributed by atoms with Crippen molar-refractivity contribution < 1.29 is 36.6 Å². The lowest BCUT2D eigenvalue weighted by molar-refractivity contribution is -0.131. The summed E-state index contributed by atoms with van der Waals surface area (Å²) in [5, 5.41) is 2.63. The van der Waals surface area contributed by atoms with Gasteiger partial charge in [-0.3, -0.25) is 14.6 Å². The van der Waals surface area contributed by atoms with E-state index in [9.17, 15) is 27.2 Å². The molecule has 33 heavy (non-hydrogen) atoms. The van der Waals surface area contributed by atoms with Gasteiger partial charge in [0.1, 0.15) is 11.8 Å². The highest BCUT2D eigenvalue weighted by Gasteiger charge is 2.51. The quantitative estimate of drug-likeness (QED) is 0.453. The molecule has 1 saturated heterocycles. The second-order valence-corrected chi connectivity index (χ2v) is 8.31. The zero-order valence-electron chi connectivity index (χ0n) is 18.5. The highest BCUT2D eigenvalue weighted by Crippen LogP contribution is 2.49. The van der Waals surface area contributed by atoms with Crippen molar-refractivity contribution in [1.29, 1.82) is 0 Å². The molecule has 1 N–H and O–H groups in total. The Morgan fingerprint density at radius 1 is 1.24 bits per heavy atom. The molecule has 3 atom stereocenters. The number of Topliss-reactive ketones (excluding diaryl/α,β-unsaturated/α-hetero) is 1. The number of hydrogen-bond donors (Lipinski definition) is 1. The SMILES string of the molecule is CCC(=O)c1cc(NC(=O)[C@@H]2OC(C)(C)[C@@H](C)[C@@H]2c2ccc(F)c(F)c2OC(F)F)ccn1. The van der Waals surface area contributed by atoms with Gasteiger partial charge in [-0.1, -0.05) is 19.9 Å². The Hall–Kier alpha value is -3.01. The molecule has 1 aliphatic heterocycles. The van der Waals surface area contributed by atoms with E-state index < -0.39 is 53.4 Å². The summed E-state index contributed by atoms with van der Waals surface area (Å²) in [6.07, 6.45) is 0.355. The van der Waals surface area contributed by atoms with Crippen molar-refractivity contribution in [3.63, 3.8) is 0 Å². The Labute approximate surface area is 188 Å². The predicted octanol–water partition coefficient (Wildman–Crippen LogP) is 5.09. The molecule has 1 aromatic carbocycles. The minimum absolute atomic E-state index is 0.107. The standard InChI is InChI=1S/C23H24F4N2O4/c1-5-16(30)15-10-12(8-9-28-15)29-21(31)20-17(11(2)23(3,4)33-20)13-6-7-14(24)18(25)19(13)32-22(26)27/h6-11,17,20,22H,5H2,1-4H3,(H,28,29,31)/t11-,17+,20+/m0/s1. The summed E-state index contributed by atoms with van der Waals surface area (Å²) in [6, 6.07) is 4.80. The van der Waals surface area contributed by atoms with E-state index in [1.807, 2.05) is 0 Å². The summed E-state index contributed by atoms with van der Waals surface area (Å²) in [6.45, 7) is 3.41. The molecule has 2 aromatic rings. The van der Waals surface area contributed by atoms with Crippen molar-refractivity contribution >= 4 is 17.4 Å². The molecule has 0 radical (unpaired) electrons. The van der Waals surface area contributed by atoms with Crippen LogP contribution in [0.3, 0.4) is 0 Å². The normalized spacial score (nSPS) is 21.8. The number of carbonyl (C=O) groups excluding carboxylic acids is 2. The summed E-state index contributed by atoms with van der Waals surface area (Å²) >= 11 is 0. The highest BCUT2D eigenvalue weighted by atomic mass is 19.3. The van der Waals surface area contributed by atoms with Crippen LogP contribution in [0.2, 0.25) is 0 Å². The zero-order valence-corrected chi connectivity index (χ0v) is 18.5. The number of aromatic nitrogens is 1. The van der Waals surface area contributed by atoms with Gasteiger partial charge in [-0.2, -0.15) is 13.2 Å². The van der Waals surface area contributed by atoms with Gasteiger partial charge in [0.2, 0.25) is 5.82 Å². The highest BCUT2D eigenvalue weighted by molar-refractivity contribution is 5.98. The van der Waals surface area contributed by atoms with E-state index in [0.29, 0.717) is 0 Å². The monoisotopic (exact) mass is 468 g/mol. The third-order valence-electron chi connectivity index (χ3n) is 5.93. The Morgan fingerprint density at radius 3 is 2.58 bits per heavy atom. The van der Waals surface area contributed by atoms with Crippen molar-refractivity contribution in [3.8, 4) is 5.75 Å². The minimum atomic E-state index is -3.40. The molecule has 0 spiro atoms. The van der Waals surface area contributed by atoms with E-state index in [-0.39, 0.29) is 29.1 Å². The summed E-state index contributed by atoms with van der Waals surface area (Å²) in [5.41, 5.74) is -0.563. The third kappa shape index (κ3) is 5.00. The van der Waals surface area contributed by atoms with Crippen LogP contribution >= 0.6 is 0 Å². The van der Waals surface area contributed by atoms with Crippen molar-refractivity contribution in [3.05, 3.63) is 53.4 Å². The second kappa shape index (κ2) is 9.46. The first kappa shape index (κ1) is 24.6. The number of halogens is 4. The van der Waals surface area contributed by atoms with Crippen molar-refractivity contribution in [1.82, 2.24) is 4.98 Å². The van der Waals surface area contributed by atoms with Crippen LogP contribution in [0.4, 0.5) is 23.2 Å². The number of anilines is 1. The maximum atomic E-state index is 14.4. The Kier molecular flexibility index (Phi) is 7.06. The zero-order chi connectivity index (χ0) is 24.5. The number of alkyl halides is 2. The van der Waals surface area contributed by atoms with Gasteiger partial charge >= 0.3 is 6.61 Å². The van der Waals surface area contributed by atoms with E-state index >= 15 is 0 Å². The van der Waals surface area contributed by atoms with Gasteiger partial charge in [0.05, 0.1) is 5.60 Å². The topological polar surface area (TPSA) is 77.5 Å². The fourth-order valence-electron chi connectivity index (χ4n) is 3.93. The molecule has 0 aliphatic carbocycles.